The first kappa shape index (κ1) is 15.3. The molecule has 1 aliphatic heterocycles. The number of benzene rings is 1. The lowest BCUT2D eigenvalue weighted by Gasteiger charge is -2.08. The van der Waals surface area contributed by atoms with Crippen molar-refractivity contribution in [1.29, 1.82) is 0 Å². The molecule has 0 aliphatic carbocycles. The van der Waals surface area contributed by atoms with E-state index in [0.717, 1.165) is 12.0 Å². The molecule has 1 aliphatic rings. The van der Waals surface area contributed by atoms with Gasteiger partial charge < -0.3 is 15.6 Å². The first-order valence-electron chi connectivity index (χ1n) is 7.65. The highest BCUT2D eigenvalue weighted by Gasteiger charge is 2.24. The van der Waals surface area contributed by atoms with Crippen molar-refractivity contribution >= 4 is 28.3 Å². The van der Waals surface area contributed by atoms with Gasteiger partial charge in [-0.15, -0.1) is 0 Å². The van der Waals surface area contributed by atoms with Crippen molar-refractivity contribution in [1.82, 2.24) is 15.6 Å². The highest BCUT2D eigenvalue weighted by Crippen LogP contribution is 2.32. The fraction of sp³-hybridized carbons (Fsp3) is 0.294. The summed E-state index contributed by atoms with van der Waals surface area (Å²) in [6.45, 7) is 2.93. The van der Waals surface area contributed by atoms with Gasteiger partial charge in [0.05, 0.1) is 6.42 Å². The third kappa shape index (κ3) is 2.97. The summed E-state index contributed by atoms with van der Waals surface area (Å²) in [6, 6.07) is 4.33. The van der Waals surface area contributed by atoms with Gasteiger partial charge in [-0.3, -0.25) is 9.59 Å². The molecule has 0 saturated carbocycles. The summed E-state index contributed by atoms with van der Waals surface area (Å²) in [5.41, 5.74) is 2.39. The number of fused-ring (bicyclic) bond motifs is 3. The van der Waals surface area contributed by atoms with Crippen molar-refractivity contribution in [3.8, 4) is 0 Å². The topological polar surface area (TPSA) is 74.0 Å². The molecular formula is C17H18FN3O2. The maximum atomic E-state index is 13.6. The maximum absolute atomic E-state index is 13.6. The molecule has 6 heteroatoms. The Kier molecular flexibility index (Phi) is 4.14. The molecular weight excluding hydrogens is 297 g/mol. The minimum Gasteiger partial charge on any atom is -0.356 e. The van der Waals surface area contributed by atoms with Crippen LogP contribution in [-0.4, -0.2) is 29.9 Å². The van der Waals surface area contributed by atoms with E-state index in [1.807, 2.05) is 13.0 Å². The molecule has 23 heavy (non-hydrogen) atoms. The van der Waals surface area contributed by atoms with Crippen molar-refractivity contribution in [2.24, 2.45) is 0 Å². The lowest BCUT2D eigenvalue weighted by molar-refractivity contribution is -0.120. The third-order valence-corrected chi connectivity index (χ3v) is 3.84. The molecule has 1 aromatic carbocycles. The summed E-state index contributed by atoms with van der Waals surface area (Å²) in [5.74, 6) is -0.736. The van der Waals surface area contributed by atoms with Gasteiger partial charge in [-0.05, 0) is 30.2 Å². The average Bonchev–Trinajstić information content (AvgIpc) is 2.83. The molecule has 0 fully saturated rings. The molecule has 2 aromatic rings. The maximum Gasteiger partial charge on any atom is 0.268 e. The summed E-state index contributed by atoms with van der Waals surface area (Å²) in [7, 11) is 0. The summed E-state index contributed by atoms with van der Waals surface area (Å²) < 4.78 is 13.6. The molecule has 0 bridgehead atoms. The van der Waals surface area contributed by atoms with Crippen LogP contribution in [0.4, 0.5) is 4.39 Å². The second-order valence-electron chi connectivity index (χ2n) is 5.53. The van der Waals surface area contributed by atoms with E-state index >= 15 is 0 Å². The van der Waals surface area contributed by atoms with Crippen molar-refractivity contribution in [3.05, 3.63) is 41.3 Å². The number of rotatable bonds is 4. The van der Waals surface area contributed by atoms with E-state index in [1.165, 1.54) is 12.1 Å². The molecule has 120 valence electrons. The van der Waals surface area contributed by atoms with Gasteiger partial charge in [0, 0.05) is 29.6 Å². The number of hydrogen-bond acceptors (Lipinski definition) is 2. The fourth-order valence-electron chi connectivity index (χ4n) is 2.79. The van der Waals surface area contributed by atoms with E-state index in [1.54, 1.807) is 6.07 Å². The van der Waals surface area contributed by atoms with Crippen LogP contribution in [0.15, 0.2) is 24.3 Å². The minimum absolute atomic E-state index is 0.107. The Balaban J connectivity index is 2.05. The second kappa shape index (κ2) is 6.24. The molecule has 0 unspecified atom stereocenters. The number of carbonyl (C=O) groups excluding carboxylic acids is 2. The summed E-state index contributed by atoms with van der Waals surface area (Å²) in [5, 5.41) is 6.19. The Bertz CT molecular complexity index is 808. The third-order valence-electron chi connectivity index (χ3n) is 3.84. The van der Waals surface area contributed by atoms with E-state index in [-0.39, 0.29) is 24.1 Å². The Morgan fingerprint density at radius 1 is 1.39 bits per heavy atom. The number of aromatic amines is 1. The van der Waals surface area contributed by atoms with Gasteiger partial charge in [0.1, 0.15) is 11.5 Å². The van der Waals surface area contributed by atoms with Crippen LogP contribution in [-0.2, 0) is 4.79 Å². The van der Waals surface area contributed by atoms with Crippen LogP contribution in [0.3, 0.4) is 0 Å². The van der Waals surface area contributed by atoms with E-state index in [2.05, 4.69) is 15.6 Å². The first-order valence-corrected chi connectivity index (χ1v) is 7.65. The van der Waals surface area contributed by atoms with Crippen molar-refractivity contribution in [3.63, 3.8) is 0 Å². The number of H-pyrrole nitrogens is 1. The number of carbonyl (C=O) groups is 2. The quantitative estimate of drug-likeness (QED) is 0.810. The molecule has 0 spiro atoms. The first-order chi connectivity index (χ1) is 11.1. The van der Waals surface area contributed by atoms with Gasteiger partial charge >= 0.3 is 0 Å². The summed E-state index contributed by atoms with van der Waals surface area (Å²) in [6.07, 6.45) is 2.83. The average molecular weight is 315 g/mol. The largest absolute Gasteiger partial charge is 0.356 e. The van der Waals surface area contributed by atoms with Gasteiger partial charge in [-0.25, -0.2) is 4.39 Å². The Labute approximate surface area is 132 Å². The molecule has 0 radical (unpaired) electrons. The molecule has 0 atom stereocenters. The van der Waals surface area contributed by atoms with Crippen molar-refractivity contribution in [2.75, 3.05) is 13.1 Å². The van der Waals surface area contributed by atoms with Crippen LogP contribution >= 0.6 is 0 Å². The second-order valence-corrected chi connectivity index (χ2v) is 5.53. The summed E-state index contributed by atoms with van der Waals surface area (Å²) >= 11 is 0. The monoisotopic (exact) mass is 315 g/mol. The lowest BCUT2D eigenvalue weighted by Crippen LogP contribution is -2.24. The zero-order valence-corrected chi connectivity index (χ0v) is 12.8. The Morgan fingerprint density at radius 2 is 2.22 bits per heavy atom. The van der Waals surface area contributed by atoms with Crippen LogP contribution < -0.4 is 10.6 Å². The standard InChI is InChI=1S/C17H18FN3O2/c1-2-6-19-14(22)8-10-5-7-20-17(23)16-15(10)12-9-11(18)3-4-13(12)21-16/h3-5,9,21H,2,6-8H2,1H3,(H,19,22)(H,20,23). The van der Waals surface area contributed by atoms with Gasteiger partial charge in [0.2, 0.25) is 5.91 Å². The predicted molar refractivity (Wildman–Crippen MR) is 86.5 cm³/mol. The normalized spacial score (nSPS) is 14.0. The smallest absolute Gasteiger partial charge is 0.268 e. The van der Waals surface area contributed by atoms with Crippen LogP contribution in [0.1, 0.15) is 35.8 Å². The van der Waals surface area contributed by atoms with Gasteiger partial charge in [-0.2, -0.15) is 0 Å². The number of amides is 2. The fourth-order valence-corrected chi connectivity index (χ4v) is 2.79. The molecule has 2 amide bonds. The van der Waals surface area contributed by atoms with E-state index in [0.29, 0.717) is 35.2 Å². The van der Waals surface area contributed by atoms with Crippen LogP contribution in [0.2, 0.25) is 0 Å². The number of aromatic nitrogens is 1. The minimum atomic E-state index is -0.376. The molecule has 2 heterocycles. The molecule has 3 N–H and O–H groups in total. The molecule has 0 saturated heterocycles. The highest BCUT2D eigenvalue weighted by molar-refractivity contribution is 6.09. The zero-order valence-electron chi connectivity index (χ0n) is 12.8. The lowest BCUT2D eigenvalue weighted by atomic mass is 9.98. The molecule has 3 rings (SSSR count). The van der Waals surface area contributed by atoms with Gasteiger partial charge in [0.25, 0.3) is 5.91 Å². The van der Waals surface area contributed by atoms with Gasteiger partial charge in [-0.1, -0.05) is 13.0 Å². The van der Waals surface area contributed by atoms with Crippen LogP contribution in [0, 0.1) is 5.82 Å². The van der Waals surface area contributed by atoms with E-state index in [9.17, 15) is 14.0 Å². The summed E-state index contributed by atoms with van der Waals surface area (Å²) in [4.78, 5) is 27.3. The molecule has 1 aromatic heterocycles. The van der Waals surface area contributed by atoms with E-state index < -0.39 is 0 Å². The number of halogens is 1. The number of nitrogens with one attached hydrogen (secondary N) is 3. The van der Waals surface area contributed by atoms with Crippen LogP contribution in [0.25, 0.3) is 16.5 Å². The van der Waals surface area contributed by atoms with Crippen molar-refractivity contribution < 1.29 is 14.0 Å². The van der Waals surface area contributed by atoms with E-state index in [4.69, 9.17) is 0 Å². The SMILES string of the molecule is CCCNC(=O)CC1=CCNC(=O)c2[nH]c3ccc(F)cc3c21. The highest BCUT2D eigenvalue weighted by atomic mass is 19.1. The Morgan fingerprint density at radius 3 is 3.00 bits per heavy atom. The Hall–Kier alpha value is -2.63. The number of hydrogen-bond donors (Lipinski definition) is 3. The van der Waals surface area contributed by atoms with Crippen LogP contribution in [0.5, 0.6) is 0 Å². The molecule has 5 nitrogen and oxygen atoms in total. The van der Waals surface area contributed by atoms with Crippen molar-refractivity contribution in [2.45, 2.75) is 19.8 Å². The predicted octanol–water partition coefficient (Wildman–Crippen LogP) is 2.35. The van der Waals surface area contributed by atoms with Gasteiger partial charge in [0.15, 0.2) is 0 Å². The zero-order chi connectivity index (χ0) is 16.4.